The summed E-state index contributed by atoms with van der Waals surface area (Å²) < 4.78 is 12.3. The average molecular weight is 508 g/mol. The van der Waals surface area contributed by atoms with Crippen LogP contribution in [0.15, 0.2) is 104 Å². The van der Waals surface area contributed by atoms with Crippen LogP contribution in [0.4, 0.5) is 0 Å². The van der Waals surface area contributed by atoms with Gasteiger partial charge in [0.2, 0.25) is 0 Å². The third kappa shape index (κ3) is 3.37. The highest BCUT2D eigenvalue weighted by Crippen LogP contribution is 2.50. The standard InChI is InChI=1S/C29H17NO8/c31-18-14-17(30-12-6-1-7-13-30)27(34)22(24-26(33)16-9-3-5-11-20(16)38-29(24)36)21(18)23-25(32)15-8-2-4-10-19(15)37-28(23)35/h1-14H,(H3-,31,32,33,34,35,36)/p+1. The Morgan fingerprint density at radius 3 is 1.61 bits per heavy atom. The lowest BCUT2D eigenvalue weighted by Crippen LogP contribution is -2.29. The van der Waals surface area contributed by atoms with Gasteiger partial charge in [0.25, 0.3) is 5.69 Å². The molecule has 0 unspecified atom stereocenters. The highest BCUT2D eigenvalue weighted by Gasteiger charge is 2.33. The number of hydrogen-bond donors (Lipinski definition) is 4. The highest BCUT2D eigenvalue weighted by molar-refractivity contribution is 6.02. The van der Waals surface area contributed by atoms with Crippen LogP contribution in [0.25, 0.3) is 49.9 Å². The van der Waals surface area contributed by atoms with Gasteiger partial charge in [0.15, 0.2) is 18.1 Å². The molecule has 3 aromatic carbocycles. The second-order valence-corrected chi connectivity index (χ2v) is 8.51. The van der Waals surface area contributed by atoms with Crippen LogP contribution >= 0.6 is 0 Å². The van der Waals surface area contributed by atoms with Crippen LogP contribution < -0.4 is 15.8 Å². The van der Waals surface area contributed by atoms with Crippen LogP contribution in [0, 0.1) is 0 Å². The molecule has 0 aliphatic carbocycles. The Hall–Kier alpha value is -5.57. The second-order valence-electron chi connectivity index (χ2n) is 8.51. The zero-order valence-electron chi connectivity index (χ0n) is 19.5. The van der Waals surface area contributed by atoms with Crippen LogP contribution in [0.2, 0.25) is 0 Å². The zero-order valence-corrected chi connectivity index (χ0v) is 19.5. The minimum Gasteiger partial charge on any atom is -0.507 e. The van der Waals surface area contributed by atoms with Crippen LogP contribution in [0.1, 0.15) is 0 Å². The summed E-state index contributed by atoms with van der Waals surface area (Å²) >= 11 is 0. The van der Waals surface area contributed by atoms with Crippen molar-refractivity contribution in [2.45, 2.75) is 0 Å². The first-order valence-electron chi connectivity index (χ1n) is 11.4. The van der Waals surface area contributed by atoms with E-state index in [2.05, 4.69) is 0 Å². The number of pyridine rings is 1. The molecule has 3 aromatic heterocycles. The van der Waals surface area contributed by atoms with Crippen LogP contribution in [-0.4, -0.2) is 20.4 Å². The smallest absolute Gasteiger partial charge is 0.348 e. The van der Waals surface area contributed by atoms with Crippen molar-refractivity contribution in [1.29, 1.82) is 0 Å². The molecule has 4 N–H and O–H groups in total. The van der Waals surface area contributed by atoms with E-state index in [0.717, 1.165) is 0 Å². The Balaban J connectivity index is 1.81. The van der Waals surface area contributed by atoms with E-state index in [0.29, 0.717) is 0 Å². The first kappa shape index (κ1) is 22.9. The molecule has 186 valence electrons. The van der Waals surface area contributed by atoms with E-state index in [4.69, 9.17) is 8.83 Å². The maximum atomic E-state index is 13.2. The number of phenolic OH excluding ortho intramolecular Hbond substituents is 2. The molecule has 38 heavy (non-hydrogen) atoms. The summed E-state index contributed by atoms with van der Waals surface area (Å²) in [6.07, 6.45) is 3.17. The Labute approximate surface area is 213 Å². The Bertz CT molecular complexity index is 2010. The van der Waals surface area contributed by atoms with E-state index in [-0.39, 0.29) is 27.6 Å². The fourth-order valence-corrected chi connectivity index (χ4v) is 4.61. The van der Waals surface area contributed by atoms with Gasteiger partial charge in [-0.3, -0.25) is 0 Å². The molecule has 0 amide bonds. The zero-order chi connectivity index (χ0) is 26.6. The molecule has 0 radical (unpaired) electrons. The molecular formula is C29H18NO8+. The number of benzene rings is 3. The minimum atomic E-state index is -1.04. The van der Waals surface area contributed by atoms with Crippen molar-refractivity contribution in [2.75, 3.05) is 0 Å². The van der Waals surface area contributed by atoms with Crippen molar-refractivity contribution in [3.63, 3.8) is 0 Å². The van der Waals surface area contributed by atoms with Crippen molar-refractivity contribution >= 4 is 21.9 Å². The predicted octanol–water partition coefficient (Wildman–Crippen LogP) is 4.33. The number of aromatic nitrogens is 1. The molecule has 6 rings (SSSR count). The van der Waals surface area contributed by atoms with Gasteiger partial charge in [-0.1, -0.05) is 30.3 Å². The molecule has 0 atom stereocenters. The molecule has 0 fully saturated rings. The molecule has 6 aromatic rings. The third-order valence-corrected chi connectivity index (χ3v) is 6.32. The van der Waals surface area contributed by atoms with E-state index < -0.39 is 56.5 Å². The first-order valence-corrected chi connectivity index (χ1v) is 11.4. The summed E-state index contributed by atoms with van der Waals surface area (Å²) in [6.45, 7) is 0. The molecule has 9 nitrogen and oxygen atoms in total. The van der Waals surface area contributed by atoms with Crippen molar-refractivity contribution < 1.29 is 33.8 Å². The first-order chi connectivity index (χ1) is 18.4. The molecule has 0 saturated carbocycles. The fraction of sp³-hybridized carbons (Fsp3) is 0. The van der Waals surface area contributed by atoms with Gasteiger partial charge in [-0.2, -0.15) is 4.57 Å². The van der Waals surface area contributed by atoms with Gasteiger partial charge in [0.1, 0.15) is 39.5 Å². The molecule has 9 heteroatoms. The quantitative estimate of drug-likeness (QED) is 0.157. The lowest BCUT2D eigenvalue weighted by atomic mass is 9.91. The maximum Gasteiger partial charge on any atom is 0.348 e. The van der Waals surface area contributed by atoms with Crippen molar-refractivity contribution in [3.8, 4) is 50.9 Å². The van der Waals surface area contributed by atoms with Gasteiger partial charge in [0.05, 0.1) is 22.4 Å². The molecule has 0 spiro atoms. The van der Waals surface area contributed by atoms with Crippen LogP contribution in [-0.2, 0) is 0 Å². The Morgan fingerprint density at radius 2 is 1.05 bits per heavy atom. The highest BCUT2D eigenvalue weighted by atomic mass is 16.4. The fourth-order valence-electron chi connectivity index (χ4n) is 4.61. The van der Waals surface area contributed by atoms with Gasteiger partial charge in [-0.05, 0) is 24.3 Å². The Kier molecular flexibility index (Phi) is 5.13. The number of phenols is 2. The summed E-state index contributed by atoms with van der Waals surface area (Å²) in [5.74, 6) is -2.24. The predicted molar refractivity (Wildman–Crippen MR) is 138 cm³/mol. The van der Waals surface area contributed by atoms with E-state index in [1.54, 1.807) is 54.9 Å². The monoisotopic (exact) mass is 508 g/mol. The number of aromatic hydroxyl groups is 4. The van der Waals surface area contributed by atoms with E-state index in [9.17, 15) is 30.0 Å². The second kappa shape index (κ2) is 8.52. The number of nitrogens with zero attached hydrogens (tertiary/aromatic N) is 1. The SMILES string of the molecule is O=c1oc2ccccc2c(O)c1-c1c(O)cc(-[n+]2ccccc2)c(O)c1-c1c(O)c2ccccc2oc1=O. The van der Waals surface area contributed by atoms with E-state index in [1.807, 2.05) is 0 Å². The maximum absolute atomic E-state index is 13.2. The summed E-state index contributed by atoms with van der Waals surface area (Å²) in [5.41, 5.74) is -3.75. The molecule has 0 bridgehead atoms. The van der Waals surface area contributed by atoms with Gasteiger partial charge in [-0.15, -0.1) is 0 Å². The summed E-state index contributed by atoms with van der Waals surface area (Å²) in [5, 5.41) is 45.5. The molecule has 0 aliphatic heterocycles. The average Bonchev–Trinajstić information content (AvgIpc) is 2.92. The number of hydrogen-bond acceptors (Lipinski definition) is 8. The lowest BCUT2D eigenvalue weighted by molar-refractivity contribution is -0.596. The van der Waals surface area contributed by atoms with Gasteiger partial charge in [0, 0.05) is 17.7 Å². The molecular weight excluding hydrogens is 490 g/mol. The van der Waals surface area contributed by atoms with Crippen molar-refractivity contribution in [1.82, 2.24) is 0 Å². The lowest BCUT2D eigenvalue weighted by Gasteiger charge is -2.16. The van der Waals surface area contributed by atoms with Crippen molar-refractivity contribution in [3.05, 3.63) is 106 Å². The normalized spacial score (nSPS) is 11.3. The topological polar surface area (TPSA) is 145 Å². The number of rotatable bonds is 3. The number of para-hydroxylation sites is 2. The van der Waals surface area contributed by atoms with E-state index in [1.165, 1.54) is 34.9 Å². The van der Waals surface area contributed by atoms with Gasteiger partial charge < -0.3 is 29.3 Å². The van der Waals surface area contributed by atoms with E-state index >= 15 is 0 Å². The summed E-state index contributed by atoms with van der Waals surface area (Å²) in [6, 6.07) is 18.7. The van der Waals surface area contributed by atoms with Crippen LogP contribution in [0.5, 0.6) is 23.0 Å². The summed E-state index contributed by atoms with van der Waals surface area (Å²) in [7, 11) is 0. The van der Waals surface area contributed by atoms with Gasteiger partial charge in [-0.25, -0.2) is 9.59 Å². The minimum absolute atomic E-state index is 0.0264. The number of fused-ring (bicyclic) bond motifs is 2. The van der Waals surface area contributed by atoms with Gasteiger partial charge >= 0.3 is 11.3 Å². The molecule has 0 aliphatic rings. The summed E-state index contributed by atoms with van der Waals surface area (Å²) in [4.78, 5) is 26.4. The third-order valence-electron chi connectivity index (χ3n) is 6.32. The molecule has 0 saturated heterocycles. The largest absolute Gasteiger partial charge is 0.507 e. The Morgan fingerprint density at radius 1 is 0.553 bits per heavy atom. The van der Waals surface area contributed by atoms with Crippen molar-refractivity contribution in [2.24, 2.45) is 0 Å². The molecule has 3 heterocycles. The van der Waals surface area contributed by atoms with Crippen LogP contribution in [0.3, 0.4) is 0 Å².